The van der Waals surface area contributed by atoms with Gasteiger partial charge in [-0.25, -0.2) is 9.97 Å². The number of rotatable bonds is 3. The van der Waals surface area contributed by atoms with Crippen LogP contribution in [0, 0.1) is 6.92 Å². The zero-order valence-electron chi connectivity index (χ0n) is 13.4. The summed E-state index contributed by atoms with van der Waals surface area (Å²) in [7, 11) is 2.09. The maximum Gasteiger partial charge on any atom is 0.123 e. The van der Waals surface area contributed by atoms with Gasteiger partial charge >= 0.3 is 0 Å². The lowest BCUT2D eigenvalue weighted by Gasteiger charge is -2.31. The van der Waals surface area contributed by atoms with E-state index >= 15 is 0 Å². The summed E-state index contributed by atoms with van der Waals surface area (Å²) >= 11 is 1.69. The van der Waals surface area contributed by atoms with E-state index in [0.717, 1.165) is 48.3 Å². The second-order valence-corrected chi connectivity index (χ2v) is 6.89. The van der Waals surface area contributed by atoms with Crippen LogP contribution >= 0.6 is 11.3 Å². The smallest absolute Gasteiger partial charge is 0.123 e. The third kappa shape index (κ3) is 2.89. The molecule has 0 radical (unpaired) electrons. The molecule has 1 atom stereocenters. The van der Waals surface area contributed by atoms with Gasteiger partial charge in [-0.2, -0.15) is 0 Å². The van der Waals surface area contributed by atoms with Crippen molar-refractivity contribution >= 4 is 22.4 Å². The fourth-order valence-corrected chi connectivity index (χ4v) is 3.89. The third-order valence-electron chi connectivity index (χ3n) is 4.31. The Morgan fingerprint density at radius 2 is 2.17 bits per heavy atom. The molecule has 6 heteroatoms. The van der Waals surface area contributed by atoms with Crippen molar-refractivity contribution in [1.82, 2.24) is 19.4 Å². The van der Waals surface area contributed by atoms with E-state index in [1.54, 1.807) is 11.3 Å². The largest absolute Gasteiger partial charge is 0.368 e. The number of nitrogens with zero attached hydrogens (tertiary/aromatic N) is 4. The standard InChI is InChI=1S/C17H20N4OS/c1-12-11-23-17(18-12)15-9-21(7-8-22-15)10-16-19-13-5-3-4-6-14(13)20(16)2/h3-6,11,15H,7-10H2,1-2H3/t15-/m0/s1. The highest BCUT2D eigenvalue weighted by atomic mass is 32.1. The number of fused-ring (bicyclic) bond motifs is 1. The Balaban J connectivity index is 1.52. The predicted molar refractivity (Wildman–Crippen MR) is 91.5 cm³/mol. The van der Waals surface area contributed by atoms with Gasteiger partial charge in [0.25, 0.3) is 0 Å². The summed E-state index contributed by atoms with van der Waals surface area (Å²) in [6.45, 7) is 5.42. The maximum atomic E-state index is 5.91. The molecule has 3 heterocycles. The topological polar surface area (TPSA) is 43.2 Å². The molecule has 0 unspecified atom stereocenters. The van der Waals surface area contributed by atoms with Crippen molar-refractivity contribution in [2.45, 2.75) is 19.6 Å². The molecule has 0 amide bonds. The number of aryl methyl sites for hydroxylation is 2. The minimum atomic E-state index is 0.0807. The predicted octanol–water partition coefficient (Wildman–Crippen LogP) is 2.91. The number of benzene rings is 1. The summed E-state index contributed by atoms with van der Waals surface area (Å²) in [5, 5.41) is 3.17. The van der Waals surface area contributed by atoms with Crippen LogP contribution < -0.4 is 0 Å². The van der Waals surface area contributed by atoms with Crippen molar-refractivity contribution in [3.63, 3.8) is 0 Å². The Hall–Kier alpha value is -1.76. The first kappa shape index (κ1) is 14.8. The SMILES string of the molecule is Cc1csc([C@@H]2CN(Cc3nc4ccccc4n3C)CCO2)n1. The molecule has 1 fully saturated rings. The maximum absolute atomic E-state index is 5.91. The Morgan fingerprint density at radius 1 is 1.30 bits per heavy atom. The lowest BCUT2D eigenvalue weighted by atomic mass is 10.2. The van der Waals surface area contributed by atoms with Crippen molar-refractivity contribution in [2.75, 3.05) is 19.7 Å². The van der Waals surface area contributed by atoms with Crippen molar-refractivity contribution < 1.29 is 4.74 Å². The molecule has 0 N–H and O–H groups in total. The number of thiazole rings is 1. The normalized spacial score (nSPS) is 19.5. The van der Waals surface area contributed by atoms with E-state index in [0.29, 0.717) is 0 Å². The number of hydrogen-bond donors (Lipinski definition) is 0. The van der Waals surface area contributed by atoms with Crippen LogP contribution in [-0.2, 0) is 18.3 Å². The first-order valence-electron chi connectivity index (χ1n) is 7.87. The highest BCUT2D eigenvalue weighted by Gasteiger charge is 2.25. The summed E-state index contributed by atoms with van der Waals surface area (Å²) in [6.07, 6.45) is 0.0807. The Morgan fingerprint density at radius 3 is 2.96 bits per heavy atom. The zero-order valence-corrected chi connectivity index (χ0v) is 14.2. The lowest BCUT2D eigenvalue weighted by molar-refractivity contribution is -0.0339. The van der Waals surface area contributed by atoms with Crippen molar-refractivity contribution in [3.05, 3.63) is 46.2 Å². The molecule has 3 aromatic rings. The summed E-state index contributed by atoms with van der Waals surface area (Å²) < 4.78 is 8.10. The van der Waals surface area contributed by atoms with Crippen molar-refractivity contribution in [1.29, 1.82) is 0 Å². The first-order valence-corrected chi connectivity index (χ1v) is 8.75. The molecule has 1 saturated heterocycles. The van der Waals surface area contributed by atoms with Gasteiger partial charge in [0, 0.05) is 31.2 Å². The minimum absolute atomic E-state index is 0.0807. The van der Waals surface area contributed by atoms with E-state index in [4.69, 9.17) is 9.72 Å². The van der Waals surface area contributed by atoms with Crippen LogP contribution in [0.5, 0.6) is 0 Å². The molecule has 0 spiro atoms. The van der Waals surface area contributed by atoms with Gasteiger partial charge in [0.15, 0.2) is 0 Å². The average molecular weight is 328 g/mol. The van der Waals surface area contributed by atoms with Gasteiger partial charge in [0.2, 0.25) is 0 Å². The van der Waals surface area contributed by atoms with Crippen LogP contribution in [0.15, 0.2) is 29.6 Å². The third-order valence-corrected chi connectivity index (χ3v) is 5.36. The number of hydrogen-bond acceptors (Lipinski definition) is 5. The van der Waals surface area contributed by atoms with E-state index in [-0.39, 0.29) is 6.10 Å². The molecule has 5 nitrogen and oxygen atoms in total. The van der Waals surface area contributed by atoms with Crippen LogP contribution in [0.3, 0.4) is 0 Å². The number of ether oxygens (including phenoxy) is 1. The Kier molecular flexibility index (Phi) is 3.88. The van der Waals surface area contributed by atoms with E-state index in [1.807, 2.05) is 13.0 Å². The monoisotopic (exact) mass is 328 g/mol. The zero-order chi connectivity index (χ0) is 15.8. The molecule has 0 saturated carbocycles. The fraction of sp³-hybridized carbons (Fsp3) is 0.412. The average Bonchev–Trinajstić information content (AvgIpc) is 3.13. The van der Waals surface area contributed by atoms with Gasteiger partial charge in [-0.15, -0.1) is 11.3 Å². The molecule has 1 aliphatic heterocycles. The van der Waals surface area contributed by atoms with Crippen molar-refractivity contribution in [2.24, 2.45) is 7.05 Å². The molecule has 0 aliphatic carbocycles. The molecule has 4 rings (SSSR count). The van der Waals surface area contributed by atoms with E-state index in [2.05, 4.69) is 45.1 Å². The van der Waals surface area contributed by atoms with E-state index < -0.39 is 0 Å². The number of aromatic nitrogens is 3. The summed E-state index contributed by atoms with van der Waals surface area (Å²) in [5.41, 5.74) is 3.31. The first-order chi connectivity index (χ1) is 11.2. The highest BCUT2D eigenvalue weighted by Crippen LogP contribution is 2.26. The van der Waals surface area contributed by atoms with Gasteiger partial charge in [0.1, 0.15) is 16.9 Å². The van der Waals surface area contributed by atoms with Gasteiger partial charge in [-0.3, -0.25) is 4.90 Å². The second-order valence-electron chi connectivity index (χ2n) is 6.00. The lowest BCUT2D eigenvalue weighted by Crippen LogP contribution is -2.38. The van der Waals surface area contributed by atoms with E-state index in [1.165, 1.54) is 5.52 Å². The Bertz CT molecular complexity index is 825. The highest BCUT2D eigenvalue weighted by molar-refractivity contribution is 7.09. The van der Waals surface area contributed by atoms with Gasteiger partial charge in [-0.1, -0.05) is 12.1 Å². The molecule has 120 valence electrons. The molecule has 1 aromatic carbocycles. The molecule has 1 aliphatic rings. The van der Waals surface area contributed by atoms with Gasteiger partial charge in [-0.05, 0) is 19.1 Å². The molecular formula is C17H20N4OS. The van der Waals surface area contributed by atoms with Crippen LogP contribution in [-0.4, -0.2) is 39.1 Å². The minimum Gasteiger partial charge on any atom is -0.368 e. The van der Waals surface area contributed by atoms with Crippen molar-refractivity contribution in [3.8, 4) is 0 Å². The molecule has 0 bridgehead atoms. The van der Waals surface area contributed by atoms with Crippen LogP contribution in [0.2, 0.25) is 0 Å². The van der Waals surface area contributed by atoms with Crippen LogP contribution in [0.1, 0.15) is 22.6 Å². The quantitative estimate of drug-likeness (QED) is 0.741. The summed E-state index contributed by atoms with van der Waals surface area (Å²) in [4.78, 5) is 11.8. The number of morpholine rings is 1. The second kappa shape index (κ2) is 6.03. The van der Waals surface area contributed by atoms with Crippen LogP contribution in [0.25, 0.3) is 11.0 Å². The number of para-hydroxylation sites is 2. The fourth-order valence-electron chi connectivity index (χ4n) is 3.05. The molecular weight excluding hydrogens is 308 g/mol. The number of imidazole rings is 1. The summed E-state index contributed by atoms with van der Waals surface area (Å²) in [6, 6.07) is 8.28. The van der Waals surface area contributed by atoms with Crippen LogP contribution in [0.4, 0.5) is 0 Å². The molecule has 23 heavy (non-hydrogen) atoms. The van der Waals surface area contributed by atoms with Gasteiger partial charge in [0.05, 0.1) is 24.2 Å². The summed E-state index contributed by atoms with van der Waals surface area (Å²) in [5.74, 6) is 1.10. The van der Waals surface area contributed by atoms with Gasteiger partial charge < -0.3 is 9.30 Å². The molecule has 2 aromatic heterocycles. The van der Waals surface area contributed by atoms with E-state index in [9.17, 15) is 0 Å². The Labute approximate surface area is 139 Å².